The monoisotopic (exact) mass is 230 g/mol. The van der Waals surface area contributed by atoms with Crippen LogP contribution in [0.1, 0.15) is 17.4 Å². The van der Waals surface area contributed by atoms with Crippen LogP contribution < -0.4 is 0 Å². The lowest BCUT2D eigenvalue weighted by atomic mass is 10.1. The highest BCUT2D eigenvalue weighted by Crippen LogP contribution is 2.24. The number of hydrogen-bond acceptors (Lipinski definition) is 2. The second-order valence-corrected chi connectivity index (χ2v) is 3.47. The second-order valence-electron chi connectivity index (χ2n) is 2.61. The first kappa shape index (κ1) is 9.71. The van der Waals surface area contributed by atoms with Gasteiger partial charge in [-0.15, -0.1) is 0 Å². The molecule has 1 atom stereocenters. The van der Waals surface area contributed by atoms with Crippen molar-refractivity contribution >= 4 is 15.9 Å². The maximum absolute atomic E-state index is 9.35. The molecular weight excluding hydrogens is 220 g/mol. The molecule has 0 radical (unpaired) electrons. The average Bonchev–Trinajstić information content (AvgIpc) is 2.03. The molecule has 0 spiro atoms. The summed E-state index contributed by atoms with van der Waals surface area (Å²) in [7, 11) is 1.47. The number of ether oxygens (including phenoxy) is 1. The fraction of sp³-hybridized carbons (Fsp3) is 0.333. The summed E-state index contributed by atoms with van der Waals surface area (Å²) in [5.74, 6) is 0. The van der Waals surface area contributed by atoms with Crippen LogP contribution in [-0.2, 0) is 4.74 Å². The van der Waals surface area contributed by atoms with Crippen molar-refractivity contribution in [1.29, 1.82) is 0 Å². The van der Waals surface area contributed by atoms with Gasteiger partial charge in [0.05, 0.1) is 0 Å². The topological polar surface area (TPSA) is 29.5 Å². The predicted octanol–water partition coefficient (Wildman–Crippen LogP) is 2.39. The Kier molecular flexibility index (Phi) is 3.26. The van der Waals surface area contributed by atoms with Crippen molar-refractivity contribution in [2.24, 2.45) is 0 Å². The summed E-state index contributed by atoms with van der Waals surface area (Å²) in [6.45, 7) is 1.99. The Morgan fingerprint density at radius 1 is 1.50 bits per heavy atom. The van der Waals surface area contributed by atoms with Crippen LogP contribution in [0.5, 0.6) is 0 Å². The minimum Gasteiger partial charge on any atom is -0.364 e. The zero-order valence-electron chi connectivity index (χ0n) is 7.04. The third kappa shape index (κ3) is 2.06. The number of rotatable bonds is 2. The van der Waals surface area contributed by atoms with E-state index in [0.717, 1.165) is 15.6 Å². The summed E-state index contributed by atoms with van der Waals surface area (Å²) in [6, 6.07) is 5.72. The molecule has 12 heavy (non-hydrogen) atoms. The van der Waals surface area contributed by atoms with Gasteiger partial charge in [-0.1, -0.05) is 28.1 Å². The smallest absolute Gasteiger partial charge is 0.181 e. The van der Waals surface area contributed by atoms with E-state index >= 15 is 0 Å². The molecule has 1 rings (SSSR count). The molecule has 0 aromatic heterocycles. The van der Waals surface area contributed by atoms with E-state index in [9.17, 15) is 5.11 Å². The first-order chi connectivity index (χ1) is 5.65. The fourth-order valence-electron chi connectivity index (χ4n) is 0.959. The summed E-state index contributed by atoms with van der Waals surface area (Å²) in [5, 5.41) is 9.35. The zero-order chi connectivity index (χ0) is 9.14. The first-order valence-corrected chi connectivity index (χ1v) is 4.41. The normalized spacial score (nSPS) is 13.0. The van der Waals surface area contributed by atoms with Gasteiger partial charge in [0.25, 0.3) is 0 Å². The molecule has 0 fully saturated rings. The number of aryl methyl sites for hydroxylation is 1. The molecule has 1 aromatic carbocycles. The third-order valence-electron chi connectivity index (χ3n) is 1.65. The Balaban J connectivity index is 3.01. The highest BCUT2D eigenvalue weighted by Gasteiger charge is 2.08. The van der Waals surface area contributed by atoms with Crippen molar-refractivity contribution in [3.8, 4) is 0 Å². The summed E-state index contributed by atoms with van der Waals surface area (Å²) in [6.07, 6.45) is -0.847. The molecule has 0 heterocycles. The van der Waals surface area contributed by atoms with Gasteiger partial charge in [-0.3, -0.25) is 0 Å². The van der Waals surface area contributed by atoms with E-state index in [1.165, 1.54) is 7.11 Å². The second kappa shape index (κ2) is 4.03. The third-order valence-corrected chi connectivity index (χ3v) is 2.33. The van der Waals surface area contributed by atoms with Crippen molar-refractivity contribution in [3.05, 3.63) is 33.8 Å². The van der Waals surface area contributed by atoms with Crippen LogP contribution in [-0.4, -0.2) is 12.2 Å². The zero-order valence-corrected chi connectivity index (χ0v) is 8.63. The van der Waals surface area contributed by atoms with Gasteiger partial charge in [0.1, 0.15) is 0 Å². The predicted molar refractivity (Wildman–Crippen MR) is 50.8 cm³/mol. The summed E-state index contributed by atoms with van der Waals surface area (Å²) in [4.78, 5) is 0. The lowest BCUT2D eigenvalue weighted by Crippen LogP contribution is -2.00. The lowest BCUT2D eigenvalue weighted by molar-refractivity contribution is -0.0774. The molecule has 0 aliphatic heterocycles. The van der Waals surface area contributed by atoms with Crippen molar-refractivity contribution in [2.45, 2.75) is 13.2 Å². The van der Waals surface area contributed by atoms with Crippen molar-refractivity contribution in [3.63, 3.8) is 0 Å². The van der Waals surface area contributed by atoms with Gasteiger partial charge in [0, 0.05) is 17.1 Å². The van der Waals surface area contributed by atoms with Gasteiger partial charge < -0.3 is 9.84 Å². The molecule has 2 nitrogen and oxygen atoms in total. The number of methoxy groups -OCH3 is 1. The van der Waals surface area contributed by atoms with E-state index in [1.807, 2.05) is 25.1 Å². The first-order valence-electron chi connectivity index (χ1n) is 3.62. The van der Waals surface area contributed by atoms with Crippen molar-refractivity contribution in [1.82, 2.24) is 0 Å². The number of benzene rings is 1. The molecule has 66 valence electrons. The van der Waals surface area contributed by atoms with Crippen LogP contribution in [0.2, 0.25) is 0 Å². The van der Waals surface area contributed by atoms with Gasteiger partial charge in [-0.25, -0.2) is 0 Å². The van der Waals surface area contributed by atoms with Crippen LogP contribution in [0.25, 0.3) is 0 Å². The Labute approximate surface area is 80.3 Å². The highest BCUT2D eigenvalue weighted by molar-refractivity contribution is 9.10. The SMILES string of the molecule is COC(O)c1ccc(C)cc1Br. The van der Waals surface area contributed by atoms with E-state index in [1.54, 1.807) is 0 Å². The Bertz CT molecular complexity index is 273. The van der Waals surface area contributed by atoms with Crippen molar-refractivity contribution < 1.29 is 9.84 Å². The van der Waals surface area contributed by atoms with E-state index in [-0.39, 0.29) is 0 Å². The van der Waals surface area contributed by atoms with Crippen molar-refractivity contribution in [2.75, 3.05) is 7.11 Å². The standard InChI is InChI=1S/C9H11BrO2/c1-6-3-4-7(8(10)5-6)9(11)12-2/h3-5,9,11H,1-2H3. The summed E-state index contributed by atoms with van der Waals surface area (Å²) < 4.78 is 5.65. The summed E-state index contributed by atoms with van der Waals surface area (Å²) >= 11 is 3.35. The Hall–Kier alpha value is -0.380. The molecule has 3 heteroatoms. The van der Waals surface area contributed by atoms with Gasteiger partial charge in [0.15, 0.2) is 6.29 Å². The maximum Gasteiger partial charge on any atom is 0.181 e. The van der Waals surface area contributed by atoms with Gasteiger partial charge in [-0.2, -0.15) is 0 Å². The molecule has 0 saturated carbocycles. The molecule has 0 saturated heterocycles. The highest BCUT2D eigenvalue weighted by atomic mass is 79.9. The van der Waals surface area contributed by atoms with Crippen LogP contribution in [0, 0.1) is 6.92 Å². The molecule has 0 bridgehead atoms. The largest absolute Gasteiger partial charge is 0.364 e. The molecule has 1 N–H and O–H groups in total. The molecule has 0 aliphatic rings. The minimum atomic E-state index is -0.847. The minimum absolute atomic E-state index is 0.753. The fourth-order valence-corrected chi connectivity index (χ4v) is 1.65. The average molecular weight is 231 g/mol. The number of halogens is 1. The lowest BCUT2D eigenvalue weighted by Gasteiger charge is -2.10. The molecule has 1 unspecified atom stereocenters. The van der Waals surface area contributed by atoms with Crippen LogP contribution >= 0.6 is 15.9 Å². The Morgan fingerprint density at radius 2 is 2.17 bits per heavy atom. The van der Waals surface area contributed by atoms with E-state index in [2.05, 4.69) is 15.9 Å². The molecule has 0 amide bonds. The number of aliphatic hydroxyl groups excluding tert-OH is 1. The van der Waals surface area contributed by atoms with Gasteiger partial charge in [0.2, 0.25) is 0 Å². The molecule has 0 aliphatic carbocycles. The van der Waals surface area contributed by atoms with E-state index < -0.39 is 6.29 Å². The van der Waals surface area contributed by atoms with E-state index in [4.69, 9.17) is 4.74 Å². The van der Waals surface area contributed by atoms with Gasteiger partial charge in [-0.05, 0) is 18.6 Å². The number of hydrogen-bond donors (Lipinski definition) is 1. The van der Waals surface area contributed by atoms with E-state index in [0.29, 0.717) is 0 Å². The maximum atomic E-state index is 9.35. The quantitative estimate of drug-likeness (QED) is 0.792. The molecular formula is C9H11BrO2. The summed E-state index contributed by atoms with van der Waals surface area (Å²) in [5.41, 5.74) is 1.90. The molecule has 1 aromatic rings. The van der Waals surface area contributed by atoms with Crippen LogP contribution in [0.3, 0.4) is 0 Å². The Morgan fingerprint density at radius 3 is 2.67 bits per heavy atom. The number of aliphatic hydroxyl groups is 1. The van der Waals surface area contributed by atoms with Gasteiger partial charge >= 0.3 is 0 Å². The van der Waals surface area contributed by atoms with Crippen LogP contribution in [0.15, 0.2) is 22.7 Å². The van der Waals surface area contributed by atoms with Crippen LogP contribution in [0.4, 0.5) is 0 Å².